The van der Waals surface area contributed by atoms with Gasteiger partial charge in [-0.2, -0.15) is 0 Å². The van der Waals surface area contributed by atoms with Gasteiger partial charge >= 0.3 is 0 Å². The van der Waals surface area contributed by atoms with Crippen LogP contribution in [0.5, 0.6) is 0 Å². The van der Waals surface area contributed by atoms with Crippen LogP contribution in [0.15, 0.2) is 18.2 Å². The molecule has 1 atom stereocenters. The number of nitrogens with two attached hydrogens (primary N) is 1. The maximum atomic E-state index is 13.8. The lowest BCUT2D eigenvalue weighted by molar-refractivity contribution is -0.125. The molecule has 1 heterocycles. The van der Waals surface area contributed by atoms with Crippen LogP contribution in [0, 0.1) is 11.7 Å². The standard InChI is InChI=1S/C19H26FN3O/c1-12(2)23-17-6-4-13(19(24)22-9-3-8-21)10-15(17)16-11-14(20)5-7-18(16)23/h5,7,11-13H,3-4,6,8-10,21H2,1-2H3,(H,22,24). The second-order valence-electron chi connectivity index (χ2n) is 6.92. The molecule has 1 aliphatic rings. The number of fused-ring (bicyclic) bond motifs is 3. The van der Waals surface area contributed by atoms with Crippen molar-refractivity contribution in [2.75, 3.05) is 13.1 Å². The number of nitrogens with one attached hydrogen (secondary N) is 1. The van der Waals surface area contributed by atoms with Crippen LogP contribution in [0.2, 0.25) is 0 Å². The Bertz CT molecular complexity index is 751. The first kappa shape index (κ1) is 17.0. The summed E-state index contributed by atoms with van der Waals surface area (Å²) in [4.78, 5) is 12.4. The Morgan fingerprint density at radius 3 is 2.96 bits per heavy atom. The highest BCUT2D eigenvalue weighted by Gasteiger charge is 2.29. The zero-order valence-corrected chi connectivity index (χ0v) is 14.4. The summed E-state index contributed by atoms with van der Waals surface area (Å²) in [5.41, 5.74) is 8.95. The molecule has 0 bridgehead atoms. The lowest BCUT2D eigenvalue weighted by Crippen LogP contribution is -2.35. The Morgan fingerprint density at radius 2 is 2.25 bits per heavy atom. The molecule has 1 aliphatic carbocycles. The average Bonchev–Trinajstić information content (AvgIpc) is 2.88. The van der Waals surface area contributed by atoms with Crippen LogP contribution in [0.25, 0.3) is 10.9 Å². The third kappa shape index (κ3) is 3.05. The highest BCUT2D eigenvalue weighted by molar-refractivity contribution is 5.88. The van der Waals surface area contributed by atoms with Crippen LogP contribution in [-0.4, -0.2) is 23.6 Å². The van der Waals surface area contributed by atoms with E-state index in [-0.39, 0.29) is 17.6 Å². The molecule has 4 nitrogen and oxygen atoms in total. The molecule has 1 unspecified atom stereocenters. The van der Waals surface area contributed by atoms with Gasteiger partial charge in [-0.05, 0) is 69.8 Å². The fraction of sp³-hybridized carbons (Fsp3) is 0.526. The maximum absolute atomic E-state index is 13.8. The van der Waals surface area contributed by atoms with Crippen molar-refractivity contribution in [1.29, 1.82) is 0 Å². The van der Waals surface area contributed by atoms with E-state index in [4.69, 9.17) is 5.73 Å². The number of nitrogens with zero attached hydrogens (tertiary/aromatic N) is 1. The lowest BCUT2D eigenvalue weighted by atomic mass is 9.85. The summed E-state index contributed by atoms with van der Waals surface area (Å²) in [5, 5.41) is 3.93. The normalized spacial score (nSPS) is 17.3. The van der Waals surface area contributed by atoms with Gasteiger partial charge in [0.15, 0.2) is 0 Å². The molecule has 0 radical (unpaired) electrons. The van der Waals surface area contributed by atoms with Crippen molar-refractivity contribution >= 4 is 16.8 Å². The summed E-state index contributed by atoms with van der Waals surface area (Å²) in [6, 6.07) is 5.31. The van der Waals surface area contributed by atoms with Crippen molar-refractivity contribution in [3.8, 4) is 0 Å². The summed E-state index contributed by atoms with van der Waals surface area (Å²) in [6.45, 7) is 5.50. The van der Waals surface area contributed by atoms with Gasteiger partial charge < -0.3 is 15.6 Å². The van der Waals surface area contributed by atoms with Gasteiger partial charge in [-0.15, -0.1) is 0 Å². The van der Waals surface area contributed by atoms with Crippen molar-refractivity contribution < 1.29 is 9.18 Å². The van der Waals surface area contributed by atoms with Crippen LogP contribution >= 0.6 is 0 Å². The molecular weight excluding hydrogens is 305 g/mol. The predicted octanol–water partition coefficient (Wildman–Crippen LogP) is 2.93. The topological polar surface area (TPSA) is 60.0 Å². The molecule has 1 amide bonds. The number of rotatable bonds is 5. The first-order valence-electron chi connectivity index (χ1n) is 8.82. The molecular formula is C19H26FN3O. The number of aromatic nitrogens is 1. The van der Waals surface area contributed by atoms with Crippen LogP contribution in [0.1, 0.15) is 44.0 Å². The molecule has 5 heteroatoms. The minimum Gasteiger partial charge on any atom is -0.356 e. The van der Waals surface area contributed by atoms with Crippen molar-refractivity contribution in [2.45, 2.75) is 45.6 Å². The van der Waals surface area contributed by atoms with Gasteiger partial charge in [0.05, 0.1) is 0 Å². The van der Waals surface area contributed by atoms with E-state index in [9.17, 15) is 9.18 Å². The van der Waals surface area contributed by atoms with Crippen LogP contribution < -0.4 is 11.1 Å². The van der Waals surface area contributed by atoms with E-state index in [1.807, 2.05) is 6.07 Å². The molecule has 3 N–H and O–H groups in total. The summed E-state index contributed by atoms with van der Waals surface area (Å²) < 4.78 is 16.1. The molecule has 1 aromatic heterocycles. The number of carbonyl (C=O) groups excluding carboxylic acids is 1. The van der Waals surface area contributed by atoms with E-state index in [1.54, 1.807) is 6.07 Å². The molecule has 24 heavy (non-hydrogen) atoms. The average molecular weight is 331 g/mol. The van der Waals surface area contributed by atoms with Gasteiger partial charge in [-0.3, -0.25) is 4.79 Å². The van der Waals surface area contributed by atoms with Gasteiger partial charge in [0.1, 0.15) is 5.82 Å². The van der Waals surface area contributed by atoms with E-state index in [2.05, 4.69) is 23.7 Å². The fourth-order valence-corrected chi connectivity index (χ4v) is 3.84. The Morgan fingerprint density at radius 1 is 1.46 bits per heavy atom. The second-order valence-corrected chi connectivity index (χ2v) is 6.92. The molecule has 130 valence electrons. The van der Waals surface area contributed by atoms with Gasteiger partial charge in [0.2, 0.25) is 5.91 Å². The SMILES string of the molecule is CC(C)n1c2c(c3cc(F)ccc31)CC(C(=O)NCCCN)CC2. The first-order chi connectivity index (χ1) is 11.5. The molecule has 0 saturated carbocycles. The number of benzene rings is 1. The molecule has 1 aromatic carbocycles. The van der Waals surface area contributed by atoms with Gasteiger partial charge in [0, 0.05) is 35.1 Å². The Labute approximate surface area is 142 Å². The number of halogens is 1. The smallest absolute Gasteiger partial charge is 0.223 e. The molecule has 0 saturated heterocycles. The van der Waals surface area contributed by atoms with E-state index < -0.39 is 0 Å². The number of hydrogen-bond acceptors (Lipinski definition) is 2. The Hall–Kier alpha value is -1.88. The summed E-state index contributed by atoms with van der Waals surface area (Å²) >= 11 is 0. The van der Waals surface area contributed by atoms with E-state index in [0.29, 0.717) is 25.6 Å². The number of amides is 1. The first-order valence-corrected chi connectivity index (χ1v) is 8.82. The minimum absolute atomic E-state index is 0.0373. The number of carbonyl (C=O) groups is 1. The van der Waals surface area contributed by atoms with Gasteiger partial charge in [-0.1, -0.05) is 0 Å². The highest BCUT2D eigenvalue weighted by atomic mass is 19.1. The molecule has 3 rings (SSSR count). The van der Waals surface area contributed by atoms with E-state index in [0.717, 1.165) is 35.7 Å². The van der Waals surface area contributed by atoms with E-state index in [1.165, 1.54) is 11.8 Å². The van der Waals surface area contributed by atoms with Crippen molar-refractivity contribution in [2.24, 2.45) is 11.7 Å². The monoisotopic (exact) mass is 331 g/mol. The third-order valence-electron chi connectivity index (χ3n) is 4.93. The largest absolute Gasteiger partial charge is 0.356 e. The van der Waals surface area contributed by atoms with Gasteiger partial charge in [0.25, 0.3) is 0 Å². The lowest BCUT2D eigenvalue weighted by Gasteiger charge is -2.24. The zero-order chi connectivity index (χ0) is 17.3. The van der Waals surface area contributed by atoms with Crippen LogP contribution in [0.4, 0.5) is 4.39 Å². The van der Waals surface area contributed by atoms with Crippen molar-refractivity contribution in [3.05, 3.63) is 35.3 Å². The van der Waals surface area contributed by atoms with Crippen LogP contribution in [-0.2, 0) is 17.6 Å². The minimum atomic E-state index is -0.222. The molecule has 0 spiro atoms. The maximum Gasteiger partial charge on any atom is 0.223 e. The quantitative estimate of drug-likeness (QED) is 0.828. The predicted molar refractivity (Wildman–Crippen MR) is 94.5 cm³/mol. The fourth-order valence-electron chi connectivity index (χ4n) is 3.84. The summed E-state index contributed by atoms with van der Waals surface area (Å²) in [5.74, 6) is -0.165. The van der Waals surface area contributed by atoms with Crippen molar-refractivity contribution in [3.63, 3.8) is 0 Å². The number of hydrogen-bond donors (Lipinski definition) is 2. The van der Waals surface area contributed by atoms with Crippen LogP contribution in [0.3, 0.4) is 0 Å². The summed E-state index contributed by atoms with van der Waals surface area (Å²) in [6.07, 6.45) is 3.18. The Kier molecular flexibility index (Phi) is 4.90. The zero-order valence-electron chi connectivity index (χ0n) is 14.4. The molecule has 0 aliphatic heterocycles. The molecule has 2 aromatic rings. The molecule has 0 fully saturated rings. The van der Waals surface area contributed by atoms with E-state index >= 15 is 0 Å². The third-order valence-corrected chi connectivity index (χ3v) is 4.93. The second kappa shape index (κ2) is 6.93. The highest BCUT2D eigenvalue weighted by Crippen LogP contribution is 2.36. The van der Waals surface area contributed by atoms with Gasteiger partial charge in [-0.25, -0.2) is 4.39 Å². The summed E-state index contributed by atoms with van der Waals surface area (Å²) in [7, 11) is 0. The van der Waals surface area contributed by atoms with Crippen molar-refractivity contribution in [1.82, 2.24) is 9.88 Å². The Balaban J connectivity index is 1.93.